The average molecular weight is 327 g/mol. The van der Waals surface area contributed by atoms with Crippen molar-refractivity contribution in [2.24, 2.45) is 0 Å². The van der Waals surface area contributed by atoms with Crippen LogP contribution in [0.15, 0.2) is 34.9 Å². The number of imide groups is 1. The maximum absolute atomic E-state index is 12.3. The van der Waals surface area contributed by atoms with E-state index in [9.17, 15) is 9.59 Å². The Hall–Kier alpha value is -2.83. The van der Waals surface area contributed by atoms with Gasteiger partial charge < -0.3 is 14.1 Å². The molecule has 7 nitrogen and oxygen atoms in total. The quantitative estimate of drug-likeness (QED) is 0.805. The summed E-state index contributed by atoms with van der Waals surface area (Å²) >= 11 is 0. The lowest BCUT2D eigenvalue weighted by Gasteiger charge is -2.13. The minimum absolute atomic E-state index is 0.133. The predicted octanol–water partition coefficient (Wildman–Crippen LogP) is 2.28. The number of aromatic nitrogens is 1. The number of oxazole rings is 1. The van der Waals surface area contributed by atoms with E-state index < -0.39 is 0 Å². The van der Waals surface area contributed by atoms with Gasteiger partial charge in [0.2, 0.25) is 5.89 Å². The average Bonchev–Trinajstić information content (AvgIpc) is 3.31. The lowest BCUT2D eigenvalue weighted by Crippen LogP contribution is -2.32. The number of amides is 3. The van der Waals surface area contributed by atoms with Gasteiger partial charge in [-0.2, -0.15) is 0 Å². The number of carbonyl (C=O) groups is 2. The van der Waals surface area contributed by atoms with Crippen LogP contribution in [0.3, 0.4) is 0 Å². The highest BCUT2D eigenvalue weighted by atomic mass is 16.5. The van der Waals surface area contributed by atoms with E-state index in [-0.39, 0.29) is 24.5 Å². The summed E-state index contributed by atoms with van der Waals surface area (Å²) in [5, 5.41) is 0. The van der Waals surface area contributed by atoms with E-state index in [1.54, 1.807) is 12.0 Å². The van der Waals surface area contributed by atoms with Gasteiger partial charge in [-0.25, -0.2) is 9.78 Å². The van der Waals surface area contributed by atoms with Gasteiger partial charge in [0.05, 0.1) is 19.3 Å². The van der Waals surface area contributed by atoms with Crippen molar-refractivity contribution in [1.29, 1.82) is 0 Å². The van der Waals surface area contributed by atoms with Crippen molar-refractivity contribution in [3.63, 3.8) is 0 Å². The minimum atomic E-state index is -0.287. The highest BCUT2D eigenvalue weighted by Gasteiger charge is 2.47. The van der Waals surface area contributed by atoms with Crippen molar-refractivity contribution < 1.29 is 18.7 Å². The van der Waals surface area contributed by atoms with Crippen molar-refractivity contribution in [3.8, 4) is 17.2 Å². The molecule has 124 valence electrons. The van der Waals surface area contributed by atoms with Crippen molar-refractivity contribution in [2.45, 2.75) is 25.4 Å². The van der Waals surface area contributed by atoms with Crippen LogP contribution in [0.2, 0.25) is 0 Å². The largest absolute Gasteiger partial charge is 0.497 e. The van der Waals surface area contributed by atoms with Crippen LogP contribution in [0.4, 0.5) is 4.79 Å². The summed E-state index contributed by atoms with van der Waals surface area (Å²) in [7, 11) is 1.60. The van der Waals surface area contributed by atoms with Crippen molar-refractivity contribution in [2.75, 3.05) is 13.7 Å². The Morgan fingerprint density at radius 2 is 2.08 bits per heavy atom. The lowest BCUT2D eigenvalue weighted by molar-refractivity contribution is -0.128. The molecule has 1 aromatic heterocycles. The van der Waals surface area contributed by atoms with Crippen LogP contribution < -0.4 is 4.74 Å². The number of carbonyl (C=O) groups excluding carboxylic acids is 2. The summed E-state index contributed by atoms with van der Waals surface area (Å²) < 4.78 is 10.6. The van der Waals surface area contributed by atoms with Gasteiger partial charge >= 0.3 is 6.03 Å². The summed E-state index contributed by atoms with van der Waals surface area (Å²) in [6.45, 7) is 0.798. The van der Waals surface area contributed by atoms with Gasteiger partial charge in [-0.15, -0.1) is 0 Å². The number of urea groups is 1. The van der Waals surface area contributed by atoms with E-state index in [0.717, 1.165) is 24.2 Å². The highest BCUT2D eigenvalue weighted by Crippen LogP contribution is 2.29. The molecule has 0 radical (unpaired) electrons. The molecular formula is C17H17N3O4. The SMILES string of the molecule is COc1ccc(-c2nc(CN3C(=O)C4CCCN4C3=O)co2)cc1. The van der Waals surface area contributed by atoms with Crippen molar-refractivity contribution in [1.82, 2.24) is 14.8 Å². The fraction of sp³-hybridized carbons (Fsp3) is 0.353. The monoisotopic (exact) mass is 327 g/mol. The molecule has 2 saturated heterocycles. The van der Waals surface area contributed by atoms with Crippen LogP contribution in [-0.2, 0) is 11.3 Å². The number of methoxy groups -OCH3 is 1. The molecule has 24 heavy (non-hydrogen) atoms. The molecule has 0 saturated carbocycles. The Morgan fingerprint density at radius 1 is 1.29 bits per heavy atom. The van der Waals surface area contributed by atoms with Gasteiger partial charge in [0, 0.05) is 12.1 Å². The molecule has 4 rings (SSSR count). The molecule has 3 amide bonds. The zero-order valence-electron chi connectivity index (χ0n) is 13.3. The van der Waals surface area contributed by atoms with Crippen LogP contribution >= 0.6 is 0 Å². The Bertz CT molecular complexity index is 761. The molecule has 0 spiro atoms. The first-order valence-electron chi connectivity index (χ1n) is 7.88. The van der Waals surface area contributed by atoms with Gasteiger partial charge in [-0.3, -0.25) is 9.69 Å². The van der Waals surface area contributed by atoms with Crippen molar-refractivity contribution in [3.05, 3.63) is 36.2 Å². The van der Waals surface area contributed by atoms with Crippen LogP contribution in [0.1, 0.15) is 18.5 Å². The number of hydrogen-bond donors (Lipinski definition) is 0. The number of benzene rings is 1. The highest BCUT2D eigenvalue weighted by molar-refractivity contribution is 6.04. The maximum atomic E-state index is 12.3. The van der Waals surface area contributed by atoms with Gasteiger partial charge in [0.1, 0.15) is 18.1 Å². The Kier molecular flexibility index (Phi) is 3.48. The number of ether oxygens (including phenoxy) is 1. The van der Waals surface area contributed by atoms with E-state index >= 15 is 0 Å². The second-order valence-electron chi connectivity index (χ2n) is 5.93. The minimum Gasteiger partial charge on any atom is -0.497 e. The topological polar surface area (TPSA) is 75.9 Å². The Labute approximate surface area is 138 Å². The normalized spacial score (nSPS) is 20.0. The second-order valence-corrected chi connectivity index (χ2v) is 5.93. The third-order valence-electron chi connectivity index (χ3n) is 4.49. The molecule has 2 fully saturated rings. The smallest absolute Gasteiger partial charge is 0.327 e. The van der Waals surface area contributed by atoms with E-state index in [2.05, 4.69) is 4.98 Å². The fourth-order valence-electron chi connectivity index (χ4n) is 3.23. The fourth-order valence-corrected chi connectivity index (χ4v) is 3.23. The van der Waals surface area contributed by atoms with Gasteiger partial charge in [-0.1, -0.05) is 0 Å². The van der Waals surface area contributed by atoms with Crippen molar-refractivity contribution >= 4 is 11.9 Å². The number of rotatable bonds is 4. The van der Waals surface area contributed by atoms with Gasteiger partial charge in [0.25, 0.3) is 5.91 Å². The summed E-state index contributed by atoms with van der Waals surface area (Å²) in [6.07, 6.45) is 3.13. The van der Waals surface area contributed by atoms with E-state index in [1.165, 1.54) is 11.2 Å². The molecule has 0 N–H and O–H groups in total. The number of hydrogen-bond acceptors (Lipinski definition) is 5. The molecule has 0 aliphatic carbocycles. The summed E-state index contributed by atoms with van der Waals surface area (Å²) in [6, 6.07) is 6.82. The van der Waals surface area contributed by atoms with E-state index in [1.807, 2.05) is 24.3 Å². The molecule has 0 bridgehead atoms. The molecular weight excluding hydrogens is 310 g/mol. The Balaban J connectivity index is 1.51. The van der Waals surface area contributed by atoms with Crippen LogP contribution in [0, 0.1) is 0 Å². The zero-order valence-corrected chi connectivity index (χ0v) is 13.3. The van der Waals surface area contributed by atoms with E-state index in [4.69, 9.17) is 9.15 Å². The zero-order chi connectivity index (χ0) is 16.7. The first-order valence-corrected chi connectivity index (χ1v) is 7.88. The van der Waals surface area contributed by atoms with Gasteiger partial charge in [-0.05, 0) is 37.1 Å². The molecule has 1 aromatic carbocycles. The third kappa shape index (κ3) is 2.33. The van der Waals surface area contributed by atoms with Crippen LogP contribution in [0.5, 0.6) is 5.75 Å². The molecule has 1 atom stereocenters. The number of nitrogens with zero attached hydrogens (tertiary/aromatic N) is 3. The summed E-state index contributed by atoms with van der Waals surface area (Å²) in [5.41, 5.74) is 1.37. The second kappa shape index (κ2) is 5.67. The molecule has 3 heterocycles. The molecule has 2 aliphatic rings. The first kappa shape index (κ1) is 14.7. The Morgan fingerprint density at radius 3 is 2.79 bits per heavy atom. The maximum Gasteiger partial charge on any atom is 0.327 e. The predicted molar refractivity (Wildman–Crippen MR) is 84.2 cm³/mol. The van der Waals surface area contributed by atoms with Crippen LogP contribution in [-0.4, -0.2) is 46.4 Å². The van der Waals surface area contributed by atoms with Gasteiger partial charge in [0.15, 0.2) is 0 Å². The number of fused-ring (bicyclic) bond motifs is 1. The lowest BCUT2D eigenvalue weighted by atomic mass is 10.2. The van der Waals surface area contributed by atoms with Crippen LogP contribution in [0.25, 0.3) is 11.5 Å². The summed E-state index contributed by atoms with van der Waals surface area (Å²) in [5.74, 6) is 1.07. The molecule has 7 heteroatoms. The molecule has 2 aliphatic heterocycles. The first-order chi connectivity index (χ1) is 11.7. The molecule has 2 aromatic rings. The molecule has 1 unspecified atom stereocenters. The summed E-state index contributed by atoms with van der Waals surface area (Å²) in [4.78, 5) is 31.9. The van der Waals surface area contributed by atoms with E-state index in [0.29, 0.717) is 18.1 Å². The standard InChI is InChI=1S/C17H17N3O4/c1-23-13-6-4-11(5-7-13)15-18-12(10-24-15)9-20-16(21)14-3-2-8-19(14)17(20)22/h4-7,10,14H,2-3,8-9H2,1H3. The third-order valence-corrected chi connectivity index (χ3v) is 4.49.